The molecule has 1 amide bonds. The van der Waals surface area contributed by atoms with Gasteiger partial charge in [-0.1, -0.05) is 22.0 Å². The number of amides is 1. The Kier molecular flexibility index (Phi) is 4.24. The summed E-state index contributed by atoms with van der Waals surface area (Å²) in [5, 5.41) is 0. The van der Waals surface area contributed by atoms with E-state index in [-0.39, 0.29) is 5.91 Å². The second-order valence-electron chi connectivity index (χ2n) is 5.00. The van der Waals surface area contributed by atoms with Gasteiger partial charge in [-0.05, 0) is 43.3 Å². The maximum Gasteiger partial charge on any atom is 0.254 e. The molecular weight excluding hydrogens is 342 g/mol. The molecule has 0 aliphatic carbocycles. The predicted molar refractivity (Wildman–Crippen MR) is 89.7 cm³/mol. The molecule has 0 radical (unpaired) electrons. The fourth-order valence-corrected chi connectivity index (χ4v) is 2.66. The van der Waals surface area contributed by atoms with E-state index in [1.165, 1.54) is 0 Å². The molecule has 0 fully saturated rings. The number of benzene rings is 1. The fourth-order valence-electron chi connectivity index (χ4n) is 2.40. The summed E-state index contributed by atoms with van der Waals surface area (Å²) in [6, 6.07) is 13.3. The molecule has 4 nitrogen and oxygen atoms in total. The molecule has 5 heteroatoms. The van der Waals surface area contributed by atoms with Crippen molar-refractivity contribution in [3.63, 3.8) is 0 Å². The normalized spacial score (nSPS) is 10.8. The van der Waals surface area contributed by atoms with Gasteiger partial charge in [0.15, 0.2) is 0 Å². The second kappa shape index (κ2) is 6.32. The van der Waals surface area contributed by atoms with E-state index < -0.39 is 0 Å². The van der Waals surface area contributed by atoms with Crippen molar-refractivity contribution >= 4 is 27.5 Å². The van der Waals surface area contributed by atoms with Crippen LogP contribution < -0.4 is 0 Å². The Labute approximate surface area is 137 Å². The first-order valence-electron chi connectivity index (χ1n) is 7.15. The van der Waals surface area contributed by atoms with E-state index in [2.05, 4.69) is 20.9 Å². The van der Waals surface area contributed by atoms with Gasteiger partial charge < -0.3 is 9.30 Å². The standard InChI is InChI=1S/C17H16BrN3O/c1-2-20(17(22)13-6-8-14(18)9-7-13)12-15-11-19-16-5-3-4-10-21(15)16/h3-11H,2,12H2,1H3. The smallest absolute Gasteiger partial charge is 0.254 e. The fraction of sp³-hybridized carbons (Fsp3) is 0.176. The topological polar surface area (TPSA) is 37.6 Å². The Morgan fingerprint density at radius 1 is 1.23 bits per heavy atom. The maximum absolute atomic E-state index is 12.6. The quantitative estimate of drug-likeness (QED) is 0.712. The lowest BCUT2D eigenvalue weighted by Crippen LogP contribution is -2.30. The van der Waals surface area contributed by atoms with Crippen molar-refractivity contribution in [3.8, 4) is 0 Å². The highest BCUT2D eigenvalue weighted by Crippen LogP contribution is 2.15. The molecule has 0 unspecified atom stereocenters. The van der Waals surface area contributed by atoms with Crippen LogP contribution in [-0.2, 0) is 6.54 Å². The van der Waals surface area contributed by atoms with Gasteiger partial charge in [0, 0.05) is 22.8 Å². The van der Waals surface area contributed by atoms with E-state index in [1.54, 1.807) is 0 Å². The van der Waals surface area contributed by atoms with Crippen molar-refractivity contribution in [2.24, 2.45) is 0 Å². The number of rotatable bonds is 4. The number of aromatic nitrogens is 2. The lowest BCUT2D eigenvalue weighted by atomic mass is 10.2. The number of nitrogens with zero attached hydrogens (tertiary/aromatic N) is 3. The third kappa shape index (κ3) is 2.90. The predicted octanol–water partition coefficient (Wildman–Crippen LogP) is 3.76. The second-order valence-corrected chi connectivity index (χ2v) is 5.92. The molecule has 3 rings (SSSR count). The molecular formula is C17H16BrN3O. The molecule has 0 aliphatic rings. The largest absolute Gasteiger partial charge is 0.333 e. The van der Waals surface area contributed by atoms with Crippen LogP contribution in [0.25, 0.3) is 5.65 Å². The molecule has 0 atom stereocenters. The molecule has 0 saturated carbocycles. The van der Waals surface area contributed by atoms with E-state index in [0.717, 1.165) is 15.8 Å². The van der Waals surface area contributed by atoms with Crippen molar-refractivity contribution in [2.45, 2.75) is 13.5 Å². The molecule has 0 aliphatic heterocycles. The summed E-state index contributed by atoms with van der Waals surface area (Å²) in [4.78, 5) is 18.8. The average Bonchev–Trinajstić information content (AvgIpc) is 2.96. The summed E-state index contributed by atoms with van der Waals surface area (Å²) >= 11 is 3.39. The highest BCUT2D eigenvalue weighted by atomic mass is 79.9. The zero-order valence-electron chi connectivity index (χ0n) is 12.2. The van der Waals surface area contributed by atoms with Gasteiger partial charge in [-0.25, -0.2) is 4.98 Å². The Morgan fingerprint density at radius 2 is 2.00 bits per heavy atom. The van der Waals surface area contributed by atoms with Crippen LogP contribution in [0.5, 0.6) is 0 Å². The number of hydrogen-bond acceptors (Lipinski definition) is 2. The monoisotopic (exact) mass is 357 g/mol. The lowest BCUT2D eigenvalue weighted by molar-refractivity contribution is 0.0750. The van der Waals surface area contributed by atoms with Crippen molar-refractivity contribution < 1.29 is 4.79 Å². The molecule has 112 valence electrons. The summed E-state index contributed by atoms with van der Waals surface area (Å²) in [5.74, 6) is 0.0286. The first-order valence-corrected chi connectivity index (χ1v) is 7.94. The van der Waals surface area contributed by atoms with E-state index in [0.29, 0.717) is 18.7 Å². The van der Waals surface area contributed by atoms with E-state index in [4.69, 9.17) is 0 Å². The summed E-state index contributed by atoms with van der Waals surface area (Å²) < 4.78 is 2.98. The number of pyridine rings is 1. The highest BCUT2D eigenvalue weighted by molar-refractivity contribution is 9.10. The Morgan fingerprint density at radius 3 is 2.73 bits per heavy atom. The van der Waals surface area contributed by atoms with Gasteiger partial charge in [-0.15, -0.1) is 0 Å². The Hall–Kier alpha value is -2.14. The van der Waals surface area contributed by atoms with E-state index >= 15 is 0 Å². The van der Waals surface area contributed by atoms with Crippen molar-refractivity contribution in [1.82, 2.24) is 14.3 Å². The van der Waals surface area contributed by atoms with Gasteiger partial charge in [0.2, 0.25) is 0 Å². The van der Waals surface area contributed by atoms with Crippen LogP contribution in [0.4, 0.5) is 0 Å². The molecule has 0 bridgehead atoms. The molecule has 2 heterocycles. The third-order valence-corrected chi connectivity index (χ3v) is 4.14. The van der Waals surface area contributed by atoms with Crippen LogP contribution in [-0.4, -0.2) is 26.7 Å². The maximum atomic E-state index is 12.6. The summed E-state index contributed by atoms with van der Waals surface area (Å²) in [6.07, 6.45) is 3.79. The zero-order chi connectivity index (χ0) is 15.5. The number of carbonyl (C=O) groups excluding carboxylic acids is 1. The van der Waals surface area contributed by atoms with Gasteiger partial charge in [-0.2, -0.15) is 0 Å². The van der Waals surface area contributed by atoms with E-state index in [1.807, 2.05) is 71.1 Å². The zero-order valence-corrected chi connectivity index (χ0v) is 13.8. The summed E-state index contributed by atoms with van der Waals surface area (Å²) in [7, 11) is 0. The van der Waals surface area contributed by atoms with Crippen LogP contribution in [0.15, 0.2) is 59.3 Å². The minimum atomic E-state index is 0.0286. The minimum absolute atomic E-state index is 0.0286. The molecule has 0 N–H and O–H groups in total. The van der Waals surface area contributed by atoms with Crippen molar-refractivity contribution in [2.75, 3.05) is 6.54 Å². The van der Waals surface area contributed by atoms with Crippen LogP contribution in [0.3, 0.4) is 0 Å². The van der Waals surface area contributed by atoms with E-state index in [9.17, 15) is 4.79 Å². The first-order chi connectivity index (χ1) is 10.7. The molecule has 0 spiro atoms. The number of fused-ring (bicyclic) bond motifs is 1. The molecule has 22 heavy (non-hydrogen) atoms. The highest BCUT2D eigenvalue weighted by Gasteiger charge is 2.16. The van der Waals surface area contributed by atoms with Crippen LogP contribution in [0, 0.1) is 0 Å². The van der Waals surface area contributed by atoms with Crippen LogP contribution >= 0.6 is 15.9 Å². The van der Waals surface area contributed by atoms with Gasteiger partial charge in [0.25, 0.3) is 5.91 Å². The number of halogens is 1. The summed E-state index contributed by atoms with van der Waals surface area (Å²) in [5.41, 5.74) is 2.59. The van der Waals surface area contributed by atoms with Gasteiger partial charge in [0.05, 0.1) is 18.4 Å². The summed E-state index contributed by atoms with van der Waals surface area (Å²) in [6.45, 7) is 3.17. The Balaban J connectivity index is 1.85. The lowest BCUT2D eigenvalue weighted by Gasteiger charge is -2.20. The van der Waals surface area contributed by atoms with Gasteiger partial charge >= 0.3 is 0 Å². The molecule has 0 saturated heterocycles. The van der Waals surface area contributed by atoms with Crippen molar-refractivity contribution in [1.29, 1.82) is 0 Å². The molecule has 3 aromatic rings. The van der Waals surface area contributed by atoms with Gasteiger partial charge in [0.1, 0.15) is 5.65 Å². The molecule has 2 aromatic heterocycles. The number of carbonyl (C=O) groups is 1. The van der Waals surface area contributed by atoms with Crippen molar-refractivity contribution in [3.05, 3.63) is 70.6 Å². The minimum Gasteiger partial charge on any atom is -0.333 e. The number of hydrogen-bond donors (Lipinski definition) is 0. The van der Waals surface area contributed by atoms with Crippen LogP contribution in [0.2, 0.25) is 0 Å². The average molecular weight is 358 g/mol. The molecule has 1 aromatic carbocycles. The Bertz CT molecular complexity index is 795. The SMILES string of the molecule is CCN(Cc1cnc2ccccn12)C(=O)c1ccc(Br)cc1. The third-order valence-electron chi connectivity index (χ3n) is 3.61. The van der Waals surface area contributed by atoms with Crippen LogP contribution in [0.1, 0.15) is 23.0 Å². The first kappa shape index (κ1) is 14.8. The number of imidazole rings is 1. The van der Waals surface area contributed by atoms with Gasteiger partial charge in [-0.3, -0.25) is 4.79 Å².